The Morgan fingerprint density at radius 3 is 2.71 bits per heavy atom. The smallest absolute Gasteiger partial charge is 0.322 e. The standard InChI is InChI=1S/C15H17F3N4O2/c1-21-8-10(7-19-21)9-22(5-6-24-2)15(23)20-12-4-3-11(16)13(17)14(12)18/h3-4,7-8H,5-6,9H2,1-2H3,(H,20,23). The topological polar surface area (TPSA) is 59.4 Å². The van der Waals surface area contributed by atoms with Crippen LogP contribution in [0.5, 0.6) is 0 Å². The number of ether oxygens (including phenoxy) is 1. The van der Waals surface area contributed by atoms with Gasteiger partial charge >= 0.3 is 6.03 Å². The molecule has 0 radical (unpaired) electrons. The van der Waals surface area contributed by atoms with E-state index in [0.29, 0.717) is 0 Å². The van der Waals surface area contributed by atoms with Crippen molar-refractivity contribution in [2.75, 3.05) is 25.6 Å². The van der Waals surface area contributed by atoms with Gasteiger partial charge in [-0.15, -0.1) is 0 Å². The molecule has 2 amide bonds. The van der Waals surface area contributed by atoms with Crippen molar-refractivity contribution < 1.29 is 22.7 Å². The fourth-order valence-corrected chi connectivity index (χ4v) is 2.04. The zero-order valence-corrected chi connectivity index (χ0v) is 13.2. The van der Waals surface area contributed by atoms with Gasteiger partial charge in [0, 0.05) is 32.5 Å². The molecule has 2 aromatic rings. The Kier molecular flexibility index (Phi) is 5.80. The molecule has 0 aliphatic rings. The average Bonchev–Trinajstić information content (AvgIpc) is 2.97. The van der Waals surface area contributed by atoms with Gasteiger partial charge in [-0.2, -0.15) is 5.10 Å². The molecule has 0 atom stereocenters. The van der Waals surface area contributed by atoms with Crippen molar-refractivity contribution in [1.82, 2.24) is 14.7 Å². The minimum atomic E-state index is -1.64. The summed E-state index contributed by atoms with van der Waals surface area (Å²) in [4.78, 5) is 13.7. The number of aromatic nitrogens is 2. The minimum absolute atomic E-state index is 0.203. The van der Waals surface area contributed by atoms with Gasteiger partial charge < -0.3 is 15.0 Å². The molecule has 0 aliphatic carbocycles. The van der Waals surface area contributed by atoms with Gasteiger partial charge in [-0.1, -0.05) is 0 Å². The maximum absolute atomic E-state index is 13.7. The molecule has 0 saturated carbocycles. The third-order valence-electron chi connectivity index (χ3n) is 3.26. The first-order chi connectivity index (χ1) is 11.4. The molecule has 1 aromatic carbocycles. The molecule has 0 unspecified atom stereocenters. The summed E-state index contributed by atoms with van der Waals surface area (Å²) in [6.07, 6.45) is 3.32. The van der Waals surface area contributed by atoms with E-state index in [0.717, 1.165) is 17.7 Å². The number of anilines is 1. The minimum Gasteiger partial charge on any atom is -0.383 e. The largest absolute Gasteiger partial charge is 0.383 e. The second-order valence-corrected chi connectivity index (χ2v) is 5.09. The quantitative estimate of drug-likeness (QED) is 0.821. The Morgan fingerprint density at radius 1 is 1.33 bits per heavy atom. The number of nitrogens with zero attached hydrogens (tertiary/aromatic N) is 3. The van der Waals surface area contributed by atoms with Crippen LogP contribution < -0.4 is 5.32 Å². The molecular formula is C15H17F3N4O2. The van der Waals surface area contributed by atoms with Crippen LogP contribution in [0.4, 0.5) is 23.7 Å². The average molecular weight is 342 g/mol. The molecule has 0 bridgehead atoms. The highest BCUT2D eigenvalue weighted by molar-refractivity contribution is 5.89. The van der Waals surface area contributed by atoms with E-state index < -0.39 is 29.2 Å². The number of urea groups is 1. The molecule has 0 aliphatic heterocycles. The summed E-state index contributed by atoms with van der Waals surface area (Å²) in [6.45, 7) is 0.685. The van der Waals surface area contributed by atoms with E-state index in [1.807, 2.05) is 0 Å². The summed E-state index contributed by atoms with van der Waals surface area (Å²) in [5, 5.41) is 6.24. The maximum Gasteiger partial charge on any atom is 0.322 e. The zero-order chi connectivity index (χ0) is 17.7. The number of hydrogen-bond acceptors (Lipinski definition) is 3. The van der Waals surface area contributed by atoms with Crippen molar-refractivity contribution in [2.24, 2.45) is 7.05 Å². The predicted molar refractivity (Wildman–Crippen MR) is 80.8 cm³/mol. The fraction of sp³-hybridized carbons (Fsp3) is 0.333. The van der Waals surface area contributed by atoms with E-state index in [1.54, 1.807) is 24.1 Å². The number of hydrogen-bond donors (Lipinski definition) is 1. The lowest BCUT2D eigenvalue weighted by Crippen LogP contribution is -2.37. The summed E-state index contributed by atoms with van der Waals surface area (Å²) < 4.78 is 46.4. The van der Waals surface area contributed by atoms with Crippen molar-refractivity contribution in [3.8, 4) is 0 Å². The number of amides is 2. The van der Waals surface area contributed by atoms with Gasteiger partial charge in [0.15, 0.2) is 17.5 Å². The molecule has 9 heteroatoms. The third kappa shape index (κ3) is 4.25. The van der Waals surface area contributed by atoms with Crippen LogP contribution in [0.25, 0.3) is 0 Å². The highest BCUT2D eigenvalue weighted by Crippen LogP contribution is 2.20. The van der Waals surface area contributed by atoms with E-state index >= 15 is 0 Å². The Hall–Kier alpha value is -2.55. The van der Waals surface area contributed by atoms with E-state index in [1.165, 1.54) is 12.0 Å². The van der Waals surface area contributed by atoms with Crippen molar-refractivity contribution in [3.05, 3.63) is 47.5 Å². The number of carbonyl (C=O) groups is 1. The number of rotatable bonds is 6. The summed E-state index contributed by atoms with van der Waals surface area (Å²) in [5.74, 6) is -4.41. The number of benzene rings is 1. The van der Waals surface area contributed by atoms with Crippen molar-refractivity contribution in [3.63, 3.8) is 0 Å². The highest BCUT2D eigenvalue weighted by Gasteiger charge is 2.19. The van der Waals surface area contributed by atoms with Crippen LogP contribution in [0.2, 0.25) is 0 Å². The molecule has 0 spiro atoms. The van der Waals surface area contributed by atoms with Gasteiger partial charge in [-0.05, 0) is 12.1 Å². The van der Waals surface area contributed by atoms with E-state index in [2.05, 4.69) is 10.4 Å². The Labute approximate surface area is 136 Å². The number of halogens is 3. The zero-order valence-electron chi connectivity index (χ0n) is 13.2. The summed E-state index contributed by atoms with van der Waals surface area (Å²) >= 11 is 0. The van der Waals surface area contributed by atoms with Gasteiger partial charge in [0.05, 0.1) is 25.0 Å². The lowest BCUT2D eigenvalue weighted by molar-refractivity contribution is 0.152. The first-order valence-electron chi connectivity index (χ1n) is 7.08. The lowest BCUT2D eigenvalue weighted by atomic mass is 10.2. The van der Waals surface area contributed by atoms with Crippen LogP contribution >= 0.6 is 0 Å². The van der Waals surface area contributed by atoms with Crippen LogP contribution in [0.1, 0.15) is 5.56 Å². The van der Waals surface area contributed by atoms with Crippen molar-refractivity contribution in [1.29, 1.82) is 0 Å². The van der Waals surface area contributed by atoms with Crippen LogP contribution in [-0.4, -0.2) is 41.0 Å². The van der Waals surface area contributed by atoms with E-state index in [-0.39, 0.29) is 19.7 Å². The number of methoxy groups -OCH3 is 1. The first kappa shape index (κ1) is 17.8. The molecular weight excluding hydrogens is 325 g/mol. The van der Waals surface area contributed by atoms with E-state index in [4.69, 9.17) is 4.74 Å². The van der Waals surface area contributed by atoms with Crippen molar-refractivity contribution >= 4 is 11.7 Å². The number of carbonyl (C=O) groups excluding carboxylic acids is 1. The third-order valence-corrected chi connectivity index (χ3v) is 3.26. The molecule has 0 fully saturated rings. The van der Waals surface area contributed by atoms with Gasteiger partial charge in [0.2, 0.25) is 0 Å². The Balaban J connectivity index is 2.13. The lowest BCUT2D eigenvalue weighted by Gasteiger charge is -2.22. The monoisotopic (exact) mass is 342 g/mol. The number of aryl methyl sites for hydroxylation is 1. The van der Waals surface area contributed by atoms with Gasteiger partial charge in [0.25, 0.3) is 0 Å². The Morgan fingerprint density at radius 2 is 2.08 bits per heavy atom. The molecule has 130 valence electrons. The molecule has 1 aromatic heterocycles. The van der Waals surface area contributed by atoms with Gasteiger partial charge in [0.1, 0.15) is 0 Å². The summed E-state index contributed by atoms with van der Waals surface area (Å²) in [6, 6.07) is 1.04. The number of nitrogens with one attached hydrogen (secondary N) is 1. The first-order valence-corrected chi connectivity index (χ1v) is 7.08. The van der Waals surface area contributed by atoms with E-state index in [9.17, 15) is 18.0 Å². The van der Waals surface area contributed by atoms with Crippen LogP contribution in [0.3, 0.4) is 0 Å². The molecule has 2 rings (SSSR count). The molecule has 1 N–H and O–H groups in total. The van der Waals surface area contributed by atoms with Crippen LogP contribution in [-0.2, 0) is 18.3 Å². The normalized spacial score (nSPS) is 10.7. The second-order valence-electron chi connectivity index (χ2n) is 5.09. The fourth-order valence-electron chi connectivity index (χ4n) is 2.04. The molecule has 24 heavy (non-hydrogen) atoms. The van der Waals surface area contributed by atoms with Crippen LogP contribution in [0.15, 0.2) is 24.5 Å². The molecule has 0 saturated heterocycles. The second kappa shape index (κ2) is 7.82. The highest BCUT2D eigenvalue weighted by atomic mass is 19.2. The van der Waals surface area contributed by atoms with Gasteiger partial charge in [-0.25, -0.2) is 18.0 Å². The maximum atomic E-state index is 13.7. The molecule has 6 nitrogen and oxygen atoms in total. The predicted octanol–water partition coefficient (Wildman–Crippen LogP) is 2.52. The summed E-state index contributed by atoms with van der Waals surface area (Å²) in [7, 11) is 3.22. The molecule has 1 heterocycles. The van der Waals surface area contributed by atoms with Crippen molar-refractivity contribution in [2.45, 2.75) is 6.54 Å². The van der Waals surface area contributed by atoms with Gasteiger partial charge in [-0.3, -0.25) is 4.68 Å². The SMILES string of the molecule is COCCN(Cc1cnn(C)c1)C(=O)Nc1ccc(F)c(F)c1F. The van der Waals surface area contributed by atoms with Crippen LogP contribution in [0, 0.1) is 17.5 Å². The summed E-state index contributed by atoms with van der Waals surface area (Å²) in [5.41, 5.74) is 0.321. The Bertz CT molecular complexity index is 721.